The minimum absolute atomic E-state index is 0.146. The number of likely N-dealkylation sites (tertiary alicyclic amines) is 1. The van der Waals surface area contributed by atoms with Gasteiger partial charge in [0.25, 0.3) is 5.91 Å². The van der Waals surface area contributed by atoms with Gasteiger partial charge >= 0.3 is 12.0 Å². The predicted octanol–water partition coefficient (Wildman–Crippen LogP) is 3.53. The average Bonchev–Trinajstić information content (AvgIpc) is 2.60. The normalized spacial score (nSPS) is 15.4. The van der Waals surface area contributed by atoms with Crippen molar-refractivity contribution in [3.63, 3.8) is 0 Å². The van der Waals surface area contributed by atoms with Crippen molar-refractivity contribution in [3.8, 4) is 11.5 Å². The van der Waals surface area contributed by atoms with E-state index in [1.807, 2.05) is 0 Å². The number of carbonyl (C=O) groups excluding carboxylic acids is 1. The van der Waals surface area contributed by atoms with E-state index in [0.29, 0.717) is 37.4 Å². The molecule has 6 nitrogen and oxygen atoms in total. The molecule has 150 valence electrons. The molecule has 0 atom stereocenters. The number of hydrogen-bond donors (Lipinski definition) is 0. The fourth-order valence-electron chi connectivity index (χ4n) is 2.99. The van der Waals surface area contributed by atoms with Crippen LogP contribution in [0.3, 0.4) is 0 Å². The Balaban J connectivity index is 1.55. The summed E-state index contributed by atoms with van der Waals surface area (Å²) in [4.78, 5) is 25.5. The molecular weight excluding hydrogens is 379 g/mol. The van der Waals surface area contributed by atoms with Gasteiger partial charge in [-0.25, -0.2) is 4.79 Å². The Kier molecular flexibility index (Phi) is 5.62. The van der Waals surface area contributed by atoms with Crippen molar-refractivity contribution in [1.82, 2.24) is 4.90 Å². The summed E-state index contributed by atoms with van der Waals surface area (Å²) >= 11 is 0. The Labute approximate surface area is 158 Å². The highest BCUT2D eigenvalue weighted by molar-refractivity contribution is 5.94. The molecule has 1 aromatic heterocycles. The molecule has 0 unspecified atom stereocenters. The van der Waals surface area contributed by atoms with Gasteiger partial charge in [-0.05, 0) is 31.2 Å². The van der Waals surface area contributed by atoms with Crippen molar-refractivity contribution in [1.29, 1.82) is 0 Å². The molecule has 9 heteroatoms. The first-order valence-electron chi connectivity index (χ1n) is 8.63. The summed E-state index contributed by atoms with van der Waals surface area (Å²) < 4.78 is 51.1. The van der Waals surface area contributed by atoms with Crippen LogP contribution in [-0.2, 0) is 0 Å². The standard InChI is InChI=1S/C19H18F3NO5/c1-12-10-16(11-17(24)26-12)27-14-6-8-23(9-7-14)18(25)13-2-4-15(5-3-13)28-19(20,21)22/h2-5,10-11,14H,6-9H2,1H3. The number of rotatable bonds is 4. The number of amides is 1. The van der Waals surface area contributed by atoms with Crippen LogP contribution in [0, 0.1) is 6.92 Å². The molecule has 1 fully saturated rings. The molecule has 1 amide bonds. The lowest BCUT2D eigenvalue weighted by Gasteiger charge is -2.32. The van der Waals surface area contributed by atoms with Gasteiger partial charge in [-0.3, -0.25) is 4.79 Å². The van der Waals surface area contributed by atoms with Gasteiger partial charge in [-0.2, -0.15) is 0 Å². The highest BCUT2D eigenvalue weighted by atomic mass is 19.4. The van der Waals surface area contributed by atoms with E-state index < -0.39 is 12.0 Å². The molecule has 0 aliphatic carbocycles. The number of ether oxygens (including phenoxy) is 2. The molecule has 1 aliphatic heterocycles. The van der Waals surface area contributed by atoms with E-state index in [1.165, 1.54) is 18.2 Å². The number of hydrogen-bond acceptors (Lipinski definition) is 5. The number of carbonyl (C=O) groups is 1. The van der Waals surface area contributed by atoms with E-state index in [2.05, 4.69) is 4.74 Å². The van der Waals surface area contributed by atoms with Gasteiger partial charge in [-0.1, -0.05) is 0 Å². The van der Waals surface area contributed by atoms with Crippen LogP contribution in [0.1, 0.15) is 29.0 Å². The Bertz CT molecular complexity index is 884. The van der Waals surface area contributed by atoms with Crippen LogP contribution in [0.5, 0.6) is 11.5 Å². The van der Waals surface area contributed by atoms with Gasteiger partial charge in [0.05, 0.1) is 6.07 Å². The molecule has 1 aromatic carbocycles. The lowest BCUT2D eigenvalue weighted by atomic mass is 10.1. The van der Waals surface area contributed by atoms with Crippen LogP contribution < -0.4 is 15.1 Å². The van der Waals surface area contributed by atoms with Crippen molar-refractivity contribution >= 4 is 5.91 Å². The zero-order valence-corrected chi connectivity index (χ0v) is 15.0. The van der Waals surface area contributed by atoms with E-state index in [1.54, 1.807) is 17.9 Å². The molecule has 1 saturated heterocycles. The van der Waals surface area contributed by atoms with Crippen molar-refractivity contribution in [2.45, 2.75) is 32.2 Å². The minimum Gasteiger partial charge on any atom is -0.490 e. The maximum Gasteiger partial charge on any atom is 0.573 e. The van der Waals surface area contributed by atoms with Gasteiger partial charge < -0.3 is 18.8 Å². The third-order valence-corrected chi connectivity index (χ3v) is 4.23. The predicted molar refractivity (Wildman–Crippen MR) is 92.4 cm³/mol. The van der Waals surface area contributed by atoms with Crippen LogP contribution in [0.15, 0.2) is 45.6 Å². The summed E-state index contributed by atoms with van der Waals surface area (Å²) in [5, 5.41) is 0. The molecule has 2 aromatic rings. The SMILES string of the molecule is Cc1cc(OC2CCN(C(=O)c3ccc(OC(F)(F)F)cc3)CC2)cc(=O)o1. The van der Waals surface area contributed by atoms with Crippen LogP contribution in [-0.4, -0.2) is 36.4 Å². The molecule has 28 heavy (non-hydrogen) atoms. The third kappa shape index (κ3) is 5.28. The summed E-state index contributed by atoms with van der Waals surface area (Å²) in [6.45, 7) is 2.52. The molecule has 0 bridgehead atoms. The topological polar surface area (TPSA) is 69.0 Å². The molecule has 1 aliphatic rings. The van der Waals surface area contributed by atoms with Crippen molar-refractivity contribution in [3.05, 3.63) is 58.1 Å². The lowest BCUT2D eigenvalue weighted by molar-refractivity contribution is -0.274. The maximum absolute atomic E-state index is 12.5. The second kappa shape index (κ2) is 7.95. The number of alkyl halides is 3. The van der Waals surface area contributed by atoms with E-state index in [4.69, 9.17) is 9.15 Å². The van der Waals surface area contributed by atoms with Crippen LogP contribution >= 0.6 is 0 Å². The van der Waals surface area contributed by atoms with Crippen LogP contribution in [0.25, 0.3) is 0 Å². The monoisotopic (exact) mass is 397 g/mol. The highest BCUT2D eigenvalue weighted by Crippen LogP contribution is 2.24. The lowest BCUT2D eigenvalue weighted by Crippen LogP contribution is -2.41. The maximum atomic E-state index is 12.5. The Hall–Kier alpha value is -2.97. The number of benzene rings is 1. The third-order valence-electron chi connectivity index (χ3n) is 4.23. The highest BCUT2D eigenvalue weighted by Gasteiger charge is 2.31. The summed E-state index contributed by atoms with van der Waals surface area (Å²) in [7, 11) is 0. The molecular formula is C19H18F3NO5. The van der Waals surface area contributed by atoms with Crippen LogP contribution in [0.2, 0.25) is 0 Å². The van der Waals surface area contributed by atoms with E-state index in [-0.39, 0.29) is 23.3 Å². The van der Waals surface area contributed by atoms with Gasteiger partial charge in [0, 0.05) is 37.6 Å². The second-order valence-electron chi connectivity index (χ2n) is 6.40. The number of aryl methyl sites for hydroxylation is 1. The Morgan fingerprint density at radius 1 is 1.11 bits per heavy atom. The Morgan fingerprint density at radius 3 is 2.32 bits per heavy atom. The van der Waals surface area contributed by atoms with Gasteiger partial charge in [-0.15, -0.1) is 13.2 Å². The van der Waals surface area contributed by atoms with Gasteiger partial charge in [0.1, 0.15) is 23.4 Å². The first kappa shape index (κ1) is 19.8. The summed E-state index contributed by atoms with van der Waals surface area (Å²) in [5.41, 5.74) is -0.203. The second-order valence-corrected chi connectivity index (χ2v) is 6.40. The summed E-state index contributed by atoms with van der Waals surface area (Å²) in [5.74, 6) is 0.235. The molecule has 0 spiro atoms. The first-order valence-corrected chi connectivity index (χ1v) is 8.63. The molecule has 0 saturated carbocycles. The van der Waals surface area contributed by atoms with Gasteiger partial charge in [0.15, 0.2) is 0 Å². The molecule has 3 rings (SSSR count). The number of piperidine rings is 1. The van der Waals surface area contributed by atoms with E-state index in [0.717, 1.165) is 12.1 Å². The van der Waals surface area contributed by atoms with E-state index >= 15 is 0 Å². The molecule has 0 radical (unpaired) electrons. The van der Waals surface area contributed by atoms with Crippen molar-refractivity contribution in [2.24, 2.45) is 0 Å². The van der Waals surface area contributed by atoms with Gasteiger partial charge in [0.2, 0.25) is 0 Å². The zero-order valence-electron chi connectivity index (χ0n) is 15.0. The quantitative estimate of drug-likeness (QED) is 0.790. The fraction of sp³-hybridized carbons (Fsp3) is 0.368. The zero-order chi connectivity index (χ0) is 20.3. The van der Waals surface area contributed by atoms with Crippen LogP contribution in [0.4, 0.5) is 13.2 Å². The molecule has 0 N–H and O–H groups in total. The largest absolute Gasteiger partial charge is 0.573 e. The fourth-order valence-corrected chi connectivity index (χ4v) is 2.99. The Morgan fingerprint density at radius 2 is 1.75 bits per heavy atom. The molecule has 2 heterocycles. The number of nitrogens with zero attached hydrogens (tertiary/aromatic N) is 1. The minimum atomic E-state index is -4.77. The summed E-state index contributed by atoms with van der Waals surface area (Å²) in [6, 6.07) is 7.73. The van der Waals surface area contributed by atoms with E-state index in [9.17, 15) is 22.8 Å². The van der Waals surface area contributed by atoms with Crippen molar-refractivity contribution in [2.75, 3.05) is 13.1 Å². The smallest absolute Gasteiger partial charge is 0.490 e. The summed E-state index contributed by atoms with van der Waals surface area (Å²) in [6.07, 6.45) is -3.78. The van der Waals surface area contributed by atoms with Crippen molar-refractivity contribution < 1.29 is 31.9 Å². The number of halogens is 3. The first-order chi connectivity index (χ1) is 13.2. The average molecular weight is 397 g/mol.